The van der Waals surface area contributed by atoms with Gasteiger partial charge in [0, 0.05) is 19.1 Å². The number of carbonyl (C=O) groups excluding carboxylic acids is 2. The van der Waals surface area contributed by atoms with Gasteiger partial charge in [0.2, 0.25) is 0 Å². The zero-order chi connectivity index (χ0) is 19.2. The highest BCUT2D eigenvalue weighted by Gasteiger charge is 2.32. The minimum absolute atomic E-state index is 0.0854. The van der Waals surface area contributed by atoms with E-state index in [0.29, 0.717) is 30.7 Å². The van der Waals surface area contributed by atoms with Crippen LogP contribution in [0.3, 0.4) is 0 Å². The number of benzene rings is 1. The van der Waals surface area contributed by atoms with Crippen LogP contribution in [0.5, 0.6) is 0 Å². The average Bonchev–Trinajstić information content (AvgIpc) is 2.57. The number of aliphatic imine (C=N–C) groups is 1. The van der Waals surface area contributed by atoms with E-state index in [1.165, 1.54) is 6.21 Å². The van der Waals surface area contributed by atoms with Crippen LogP contribution in [0.2, 0.25) is 0 Å². The van der Waals surface area contributed by atoms with Gasteiger partial charge in [-0.3, -0.25) is 9.79 Å². The van der Waals surface area contributed by atoms with Crippen molar-refractivity contribution in [2.75, 3.05) is 6.61 Å². The van der Waals surface area contributed by atoms with Gasteiger partial charge in [0.05, 0.1) is 23.4 Å². The van der Waals surface area contributed by atoms with Crippen LogP contribution in [0.1, 0.15) is 63.2 Å². The zero-order valence-corrected chi connectivity index (χ0v) is 15.7. The van der Waals surface area contributed by atoms with E-state index in [4.69, 9.17) is 4.74 Å². The van der Waals surface area contributed by atoms with Crippen molar-refractivity contribution < 1.29 is 19.4 Å². The Morgan fingerprint density at radius 1 is 1.23 bits per heavy atom. The molecule has 1 N–H and O–H groups in total. The highest BCUT2D eigenvalue weighted by Crippen LogP contribution is 2.35. The number of hydrogen-bond donors (Lipinski definition) is 1. The molecule has 2 rings (SSSR count). The van der Waals surface area contributed by atoms with Crippen LogP contribution in [0.25, 0.3) is 0 Å². The van der Waals surface area contributed by atoms with Crippen LogP contribution >= 0.6 is 0 Å². The molecular weight excluding hydrogens is 330 g/mol. The number of unbranched alkanes of at least 4 members (excludes halogenated alkanes) is 2. The van der Waals surface area contributed by atoms with Crippen LogP contribution in [0.15, 0.2) is 40.6 Å². The van der Waals surface area contributed by atoms with Crippen molar-refractivity contribution >= 4 is 23.7 Å². The van der Waals surface area contributed by atoms with Crippen molar-refractivity contribution in [3.8, 4) is 0 Å². The van der Waals surface area contributed by atoms with Crippen LogP contribution in [-0.2, 0) is 9.53 Å². The molecule has 0 unspecified atom stereocenters. The summed E-state index contributed by atoms with van der Waals surface area (Å²) in [5.41, 5.74) is 1.12. The molecule has 26 heavy (non-hydrogen) atoms. The second-order valence-electron chi connectivity index (χ2n) is 7.45. The number of esters is 1. The first kappa shape index (κ1) is 19.9. The molecule has 1 aliphatic carbocycles. The van der Waals surface area contributed by atoms with Gasteiger partial charge in [-0.15, -0.1) is 0 Å². The third-order valence-electron chi connectivity index (χ3n) is 4.32. The van der Waals surface area contributed by atoms with Gasteiger partial charge in [0.15, 0.2) is 5.78 Å². The molecule has 0 radical (unpaired) electrons. The molecule has 0 aliphatic heterocycles. The van der Waals surface area contributed by atoms with Gasteiger partial charge >= 0.3 is 5.97 Å². The highest BCUT2D eigenvalue weighted by atomic mass is 16.5. The minimum Gasteiger partial charge on any atom is -0.511 e. The molecule has 1 aliphatic rings. The third kappa shape index (κ3) is 5.55. The Labute approximate surface area is 154 Å². The molecule has 0 heterocycles. The molecule has 0 spiro atoms. The summed E-state index contributed by atoms with van der Waals surface area (Å²) in [5, 5.41) is 10.1. The maximum atomic E-state index is 12.2. The Bertz CT molecular complexity index is 714. The van der Waals surface area contributed by atoms with E-state index in [-0.39, 0.29) is 28.5 Å². The Kier molecular flexibility index (Phi) is 6.72. The van der Waals surface area contributed by atoms with E-state index < -0.39 is 0 Å². The van der Waals surface area contributed by atoms with Gasteiger partial charge in [-0.05, 0) is 36.1 Å². The van der Waals surface area contributed by atoms with E-state index in [9.17, 15) is 14.7 Å². The Balaban J connectivity index is 1.99. The van der Waals surface area contributed by atoms with E-state index in [1.807, 2.05) is 13.8 Å². The third-order valence-corrected chi connectivity index (χ3v) is 4.32. The van der Waals surface area contributed by atoms with Crippen molar-refractivity contribution in [3.05, 3.63) is 41.2 Å². The summed E-state index contributed by atoms with van der Waals surface area (Å²) in [6, 6.07) is 6.67. The molecule has 0 fully saturated rings. The molecule has 1 aromatic carbocycles. The molecular formula is C21H27NO4. The smallest absolute Gasteiger partial charge is 0.338 e. The first-order chi connectivity index (χ1) is 12.3. The molecule has 0 atom stereocenters. The standard InChI is InChI=1S/C21H27NO4/c1-4-5-6-11-26-20(25)15-7-9-16(10-8-15)22-14-17-18(23)12-21(2,3)13-19(17)24/h7-10,14,23H,4-6,11-13H2,1-3H3. The monoisotopic (exact) mass is 357 g/mol. The second-order valence-corrected chi connectivity index (χ2v) is 7.45. The predicted octanol–water partition coefficient (Wildman–Crippen LogP) is 4.94. The summed E-state index contributed by atoms with van der Waals surface area (Å²) in [7, 11) is 0. The summed E-state index contributed by atoms with van der Waals surface area (Å²) in [6.07, 6.45) is 5.25. The van der Waals surface area contributed by atoms with E-state index >= 15 is 0 Å². The molecule has 140 valence electrons. The SMILES string of the molecule is CCCCCOC(=O)c1ccc(N=CC2=C(O)CC(C)(C)CC2=O)cc1. The summed E-state index contributed by atoms with van der Waals surface area (Å²) >= 11 is 0. The molecule has 0 saturated heterocycles. The van der Waals surface area contributed by atoms with Crippen molar-refractivity contribution in [2.45, 2.75) is 52.9 Å². The first-order valence-corrected chi connectivity index (χ1v) is 9.09. The van der Waals surface area contributed by atoms with Gasteiger partial charge in [-0.2, -0.15) is 0 Å². The van der Waals surface area contributed by atoms with Crippen molar-refractivity contribution in [1.82, 2.24) is 0 Å². The molecule has 0 aromatic heterocycles. The van der Waals surface area contributed by atoms with Crippen molar-refractivity contribution in [1.29, 1.82) is 0 Å². The lowest BCUT2D eigenvalue weighted by Gasteiger charge is -2.28. The summed E-state index contributed by atoms with van der Waals surface area (Å²) in [6.45, 7) is 6.43. The lowest BCUT2D eigenvalue weighted by molar-refractivity contribution is -0.117. The number of Topliss-reactive ketones (excluding diaryl/α,β-unsaturated/α-hetero) is 1. The zero-order valence-electron chi connectivity index (χ0n) is 15.7. The number of rotatable bonds is 7. The largest absolute Gasteiger partial charge is 0.511 e. The van der Waals surface area contributed by atoms with Crippen LogP contribution in [0, 0.1) is 5.41 Å². The normalized spacial score (nSPS) is 17.0. The summed E-state index contributed by atoms with van der Waals surface area (Å²) in [5.74, 6) is -0.362. The fourth-order valence-electron chi connectivity index (χ4n) is 2.87. The van der Waals surface area contributed by atoms with Crippen molar-refractivity contribution in [2.24, 2.45) is 10.4 Å². The lowest BCUT2D eigenvalue weighted by Crippen LogP contribution is -2.26. The summed E-state index contributed by atoms with van der Waals surface area (Å²) < 4.78 is 5.21. The van der Waals surface area contributed by atoms with Gasteiger partial charge in [0.25, 0.3) is 0 Å². The van der Waals surface area contributed by atoms with Crippen LogP contribution in [-0.4, -0.2) is 29.7 Å². The number of aliphatic hydroxyl groups is 1. The van der Waals surface area contributed by atoms with E-state index in [0.717, 1.165) is 19.3 Å². The minimum atomic E-state index is -0.346. The van der Waals surface area contributed by atoms with E-state index in [1.54, 1.807) is 24.3 Å². The number of ether oxygens (including phenoxy) is 1. The fourth-order valence-corrected chi connectivity index (χ4v) is 2.87. The number of aliphatic hydroxyl groups excluding tert-OH is 1. The molecule has 0 bridgehead atoms. The highest BCUT2D eigenvalue weighted by molar-refractivity contribution is 6.14. The second kappa shape index (κ2) is 8.79. The van der Waals surface area contributed by atoms with Gasteiger partial charge in [-0.1, -0.05) is 33.6 Å². The predicted molar refractivity (Wildman–Crippen MR) is 102 cm³/mol. The number of hydrogen-bond acceptors (Lipinski definition) is 5. The molecule has 1 aromatic rings. The molecule has 5 heteroatoms. The number of allylic oxidation sites excluding steroid dienone is 2. The topological polar surface area (TPSA) is 76.0 Å². The molecule has 5 nitrogen and oxygen atoms in total. The quantitative estimate of drug-likeness (QED) is 0.426. The Hall–Kier alpha value is -2.43. The molecule has 0 amide bonds. The number of ketones is 1. The van der Waals surface area contributed by atoms with Gasteiger partial charge < -0.3 is 9.84 Å². The van der Waals surface area contributed by atoms with Crippen LogP contribution < -0.4 is 0 Å². The van der Waals surface area contributed by atoms with E-state index in [2.05, 4.69) is 11.9 Å². The summed E-state index contributed by atoms with van der Waals surface area (Å²) in [4.78, 5) is 28.3. The molecule has 0 saturated carbocycles. The number of nitrogens with zero attached hydrogens (tertiary/aromatic N) is 1. The van der Waals surface area contributed by atoms with Gasteiger partial charge in [0.1, 0.15) is 5.76 Å². The Morgan fingerprint density at radius 3 is 2.54 bits per heavy atom. The van der Waals surface area contributed by atoms with Gasteiger partial charge in [-0.25, -0.2) is 4.79 Å². The number of carbonyl (C=O) groups is 2. The maximum absolute atomic E-state index is 12.2. The fraction of sp³-hybridized carbons (Fsp3) is 0.476. The first-order valence-electron chi connectivity index (χ1n) is 9.09. The average molecular weight is 357 g/mol. The van der Waals surface area contributed by atoms with Crippen LogP contribution in [0.4, 0.5) is 5.69 Å². The maximum Gasteiger partial charge on any atom is 0.338 e. The lowest BCUT2D eigenvalue weighted by atomic mass is 9.77. The Morgan fingerprint density at radius 2 is 1.92 bits per heavy atom. The van der Waals surface area contributed by atoms with Crippen molar-refractivity contribution in [3.63, 3.8) is 0 Å².